The van der Waals surface area contributed by atoms with Crippen molar-refractivity contribution in [3.8, 4) is 0 Å². The average molecular weight is 324 g/mol. The number of alkyl halides is 1. The minimum Gasteiger partial charge on any atom is -0.367 e. The Kier molecular flexibility index (Phi) is 5.86. The SMILES string of the molecule is CC(C)c1[c-]cc(N2CCCC(F)C2=O)nc1.[Y]. The van der Waals surface area contributed by atoms with Crippen molar-refractivity contribution in [2.75, 3.05) is 11.4 Å². The molecular weight excluding hydrogens is 308 g/mol. The number of nitrogens with zero attached hydrogens (tertiary/aromatic N) is 2. The van der Waals surface area contributed by atoms with Gasteiger partial charge in [-0.05, 0) is 18.8 Å². The molecule has 1 aliphatic heterocycles. The number of aromatic nitrogens is 1. The number of amides is 1. The average Bonchev–Trinajstić information content (AvgIpc) is 2.33. The Balaban J connectivity index is 0.00000162. The topological polar surface area (TPSA) is 33.2 Å². The number of anilines is 1. The molecule has 1 saturated heterocycles. The summed E-state index contributed by atoms with van der Waals surface area (Å²) in [7, 11) is 0. The number of piperidine rings is 1. The van der Waals surface area contributed by atoms with Gasteiger partial charge in [-0.1, -0.05) is 20.0 Å². The van der Waals surface area contributed by atoms with E-state index in [0.29, 0.717) is 31.1 Å². The normalized spacial score (nSPS) is 19.9. The molecule has 1 unspecified atom stereocenters. The third-order valence-corrected chi connectivity index (χ3v) is 2.98. The van der Waals surface area contributed by atoms with E-state index >= 15 is 0 Å². The molecule has 0 aromatic carbocycles. The Bertz CT molecular complexity index is 408. The monoisotopic (exact) mass is 324 g/mol. The number of halogens is 1. The van der Waals surface area contributed by atoms with E-state index in [1.165, 1.54) is 4.90 Å². The second kappa shape index (κ2) is 6.71. The van der Waals surface area contributed by atoms with Crippen LogP contribution in [0.5, 0.6) is 0 Å². The van der Waals surface area contributed by atoms with Crippen molar-refractivity contribution in [2.45, 2.75) is 38.8 Å². The van der Waals surface area contributed by atoms with Crippen LogP contribution in [0.25, 0.3) is 0 Å². The maximum absolute atomic E-state index is 13.3. The molecule has 3 nitrogen and oxygen atoms in total. The number of carbonyl (C=O) groups excluding carboxylic acids is 1. The second-order valence-electron chi connectivity index (χ2n) is 4.61. The molecule has 18 heavy (non-hydrogen) atoms. The van der Waals surface area contributed by atoms with Crippen molar-refractivity contribution in [3.63, 3.8) is 0 Å². The molecule has 1 aromatic heterocycles. The summed E-state index contributed by atoms with van der Waals surface area (Å²) in [5.74, 6) is 0.374. The van der Waals surface area contributed by atoms with Gasteiger partial charge in [-0.15, -0.1) is 11.6 Å². The van der Waals surface area contributed by atoms with Gasteiger partial charge in [0.1, 0.15) is 0 Å². The van der Waals surface area contributed by atoms with Gasteiger partial charge >= 0.3 is 0 Å². The second-order valence-corrected chi connectivity index (χ2v) is 4.61. The van der Waals surface area contributed by atoms with Crippen LogP contribution in [-0.4, -0.2) is 23.6 Å². The minimum atomic E-state index is -1.38. The van der Waals surface area contributed by atoms with Gasteiger partial charge < -0.3 is 9.88 Å². The smallest absolute Gasteiger partial charge is 0.251 e. The van der Waals surface area contributed by atoms with Crippen LogP contribution in [0.1, 0.15) is 38.2 Å². The Hall–Kier alpha value is -0.346. The van der Waals surface area contributed by atoms with Gasteiger partial charge in [0.05, 0.1) is 0 Å². The van der Waals surface area contributed by atoms with Crippen molar-refractivity contribution in [2.24, 2.45) is 0 Å². The summed E-state index contributed by atoms with van der Waals surface area (Å²) in [5, 5.41) is 0. The van der Waals surface area contributed by atoms with Crippen LogP contribution < -0.4 is 4.90 Å². The summed E-state index contributed by atoms with van der Waals surface area (Å²) in [6.07, 6.45) is 1.33. The predicted molar refractivity (Wildman–Crippen MR) is 63.6 cm³/mol. The molecule has 2 rings (SSSR count). The summed E-state index contributed by atoms with van der Waals surface area (Å²) in [4.78, 5) is 17.3. The van der Waals surface area contributed by atoms with Gasteiger partial charge in [-0.3, -0.25) is 4.79 Å². The van der Waals surface area contributed by atoms with Crippen LogP contribution in [-0.2, 0) is 37.5 Å². The minimum absolute atomic E-state index is 0. The summed E-state index contributed by atoms with van der Waals surface area (Å²) in [6, 6.07) is 4.76. The molecule has 2 heterocycles. The maximum atomic E-state index is 13.3. The van der Waals surface area contributed by atoms with Gasteiger partial charge in [-0.2, -0.15) is 6.07 Å². The van der Waals surface area contributed by atoms with E-state index in [2.05, 4.69) is 24.9 Å². The maximum Gasteiger partial charge on any atom is 0.251 e. The molecule has 1 fully saturated rings. The quantitative estimate of drug-likeness (QED) is 0.783. The zero-order valence-corrected chi connectivity index (χ0v) is 13.5. The third kappa shape index (κ3) is 3.35. The first-order valence-corrected chi connectivity index (χ1v) is 5.92. The molecule has 0 spiro atoms. The van der Waals surface area contributed by atoms with Crippen molar-refractivity contribution >= 4 is 11.7 Å². The van der Waals surface area contributed by atoms with Crippen LogP contribution in [0.2, 0.25) is 0 Å². The fourth-order valence-corrected chi connectivity index (χ4v) is 1.88. The van der Waals surface area contributed by atoms with Crippen LogP contribution in [0.15, 0.2) is 12.3 Å². The molecule has 0 aliphatic carbocycles. The molecule has 5 heteroatoms. The molecular formula is C13H16FN2OY-. The largest absolute Gasteiger partial charge is 0.367 e. The van der Waals surface area contributed by atoms with Crippen molar-refractivity contribution in [1.82, 2.24) is 4.98 Å². The summed E-state index contributed by atoms with van der Waals surface area (Å²) in [6.45, 7) is 4.65. The Morgan fingerprint density at radius 1 is 1.56 bits per heavy atom. The molecule has 0 N–H and O–H groups in total. The van der Waals surface area contributed by atoms with Gasteiger partial charge in [0.2, 0.25) is 0 Å². The summed E-state index contributed by atoms with van der Waals surface area (Å²) in [5.41, 5.74) is 0.995. The fraction of sp³-hybridized carbons (Fsp3) is 0.538. The van der Waals surface area contributed by atoms with Gasteiger partial charge in [0.15, 0.2) is 6.17 Å². The van der Waals surface area contributed by atoms with E-state index in [1.807, 2.05) is 0 Å². The van der Waals surface area contributed by atoms with Gasteiger partial charge in [-0.25, -0.2) is 4.39 Å². The first-order chi connectivity index (χ1) is 8.09. The molecule has 1 aliphatic rings. The Morgan fingerprint density at radius 3 is 2.83 bits per heavy atom. The Labute approximate surface area is 132 Å². The molecule has 1 atom stereocenters. The summed E-state index contributed by atoms with van der Waals surface area (Å²) < 4.78 is 13.3. The van der Waals surface area contributed by atoms with Gasteiger partial charge in [0.25, 0.3) is 5.91 Å². The van der Waals surface area contributed by atoms with Crippen LogP contribution in [0.4, 0.5) is 10.2 Å². The van der Waals surface area contributed by atoms with E-state index < -0.39 is 12.1 Å². The zero-order chi connectivity index (χ0) is 12.4. The van der Waals surface area contributed by atoms with Crippen LogP contribution >= 0.6 is 0 Å². The predicted octanol–water partition coefficient (Wildman–Crippen LogP) is 2.47. The van der Waals surface area contributed by atoms with Crippen molar-refractivity contribution in [3.05, 3.63) is 23.9 Å². The Morgan fingerprint density at radius 2 is 2.28 bits per heavy atom. The standard InChI is InChI=1S/C13H16FN2O.Y/c1-9(2)10-5-6-12(15-8-10)16-7-3-4-11(14)13(16)17;/h6,8-9,11H,3-4,7H2,1-2H3;/q-1;. The van der Waals surface area contributed by atoms with Crippen molar-refractivity contribution in [1.29, 1.82) is 0 Å². The van der Waals surface area contributed by atoms with E-state index in [0.717, 1.165) is 5.56 Å². The number of pyridine rings is 1. The molecule has 1 aromatic rings. The first kappa shape index (κ1) is 15.7. The van der Waals surface area contributed by atoms with Crippen molar-refractivity contribution < 1.29 is 41.9 Å². The zero-order valence-electron chi connectivity index (χ0n) is 10.7. The molecule has 1 amide bonds. The molecule has 0 saturated carbocycles. The van der Waals surface area contributed by atoms with Crippen LogP contribution in [0.3, 0.4) is 0 Å². The summed E-state index contributed by atoms with van der Waals surface area (Å²) >= 11 is 0. The first-order valence-electron chi connectivity index (χ1n) is 5.92. The molecule has 1 radical (unpaired) electrons. The number of carbonyl (C=O) groups is 1. The number of rotatable bonds is 2. The molecule has 95 valence electrons. The van der Waals surface area contributed by atoms with E-state index in [9.17, 15) is 9.18 Å². The van der Waals surface area contributed by atoms with E-state index in [1.54, 1.807) is 12.3 Å². The fourth-order valence-electron chi connectivity index (χ4n) is 1.88. The molecule has 0 bridgehead atoms. The third-order valence-electron chi connectivity index (χ3n) is 2.98. The van der Waals surface area contributed by atoms with E-state index in [4.69, 9.17) is 0 Å². The van der Waals surface area contributed by atoms with Gasteiger partial charge in [0, 0.05) is 45.1 Å². The van der Waals surface area contributed by atoms with E-state index in [-0.39, 0.29) is 32.7 Å². The number of hydrogen-bond donors (Lipinski definition) is 0. The van der Waals surface area contributed by atoms with Crippen LogP contribution in [0, 0.1) is 6.07 Å². The number of hydrogen-bond acceptors (Lipinski definition) is 2.